The minimum Gasteiger partial charge on any atom is -0.506 e. The molecule has 1 aromatic rings. The van der Waals surface area contributed by atoms with Gasteiger partial charge in [-0.2, -0.15) is 0 Å². The SMILES string of the molecule is CS(=O)(=O)Nc1cc(C(=O)O)ccc1O. The summed E-state index contributed by atoms with van der Waals surface area (Å²) in [6.07, 6.45) is 0.903. The number of carbonyl (C=O) groups is 1. The smallest absolute Gasteiger partial charge is 0.335 e. The van der Waals surface area contributed by atoms with E-state index in [-0.39, 0.29) is 17.0 Å². The number of aromatic hydroxyl groups is 1. The number of benzene rings is 1. The molecule has 1 rings (SSSR count). The normalized spacial score (nSPS) is 11.0. The maximum atomic E-state index is 10.9. The number of aromatic carboxylic acids is 1. The van der Waals surface area contributed by atoms with Crippen molar-refractivity contribution >= 4 is 21.7 Å². The fraction of sp³-hybridized carbons (Fsp3) is 0.125. The molecule has 0 bridgehead atoms. The number of carboxylic acid groups (broad SMARTS) is 1. The largest absolute Gasteiger partial charge is 0.506 e. The zero-order chi connectivity index (χ0) is 11.6. The Kier molecular flexibility index (Phi) is 2.85. The lowest BCUT2D eigenvalue weighted by molar-refractivity contribution is 0.0697. The van der Waals surface area contributed by atoms with Crippen LogP contribution in [-0.2, 0) is 10.0 Å². The molecule has 0 radical (unpaired) electrons. The van der Waals surface area contributed by atoms with Crippen LogP contribution in [0.4, 0.5) is 5.69 Å². The number of phenols is 1. The summed E-state index contributed by atoms with van der Waals surface area (Å²) in [6.45, 7) is 0. The molecule has 1 aromatic carbocycles. The summed E-state index contributed by atoms with van der Waals surface area (Å²) in [7, 11) is -3.55. The van der Waals surface area contributed by atoms with E-state index in [0.717, 1.165) is 18.4 Å². The second-order valence-electron chi connectivity index (χ2n) is 2.91. The van der Waals surface area contributed by atoms with Crippen molar-refractivity contribution in [3.8, 4) is 5.75 Å². The van der Waals surface area contributed by atoms with Crippen LogP contribution in [0.3, 0.4) is 0 Å². The standard InChI is InChI=1S/C8H9NO5S/c1-15(13,14)9-6-4-5(8(11)12)2-3-7(6)10/h2-4,9-10H,1H3,(H,11,12). The van der Waals surface area contributed by atoms with Gasteiger partial charge in [0.1, 0.15) is 5.75 Å². The molecule has 0 heterocycles. The van der Waals surface area contributed by atoms with E-state index in [0.29, 0.717) is 0 Å². The average molecular weight is 231 g/mol. The summed E-state index contributed by atoms with van der Waals surface area (Å²) >= 11 is 0. The Balaban J connectivity index is 3.17. The molecule has 82 valence electrons. The molecule has 6 nitrogen and oxygen atoms in total. The van der Waals surface area contributed by atoms with Gasteiger partial charge in [-0.25, -0.2) is 13.2 Å². The van der Waals surface area contributed by atoms with Crippen molar-refractivity contribution in [3.05, 3.63) is 23.8 Å². The van der Waals surface area contributed by atoms with Crippen molar-refractivity contribution in [1.29, 1.82) is 0 Å². The number of anilines is 1. The first-order chi connectivity index (χ1) is 6.79. The predicted molar refractivity (Wildman–Crippen MR) is 53.5 cm³/mol. The molecule has 0 atom stereocenters. The number of sulfonamides is 1. The summed E-state index contributed by atoms with van der Waals surface area (Å²) in [5.41, 5.74) is -0.267. The van der Waals surface area contributed by atoms with Crippen LogP contribution in [0.25, 0.3) is 0 Å². The summed E-state index contributed by atoms with van der Waals surface area (Å²) in [4.78, 5) is 10.6. The molecule has 0 aliphatic carbocycles. The Bertz CT molecular complexity index is 494. The molecule has 0 spiro atoms. The molecule has 0 unspecified atom stereocenters. The van der Waals surface area contributed by atoms with Crippen LogP contribution < -0.4 is 4.72 Å². The second-order valence-corrected chi connectivity index (χ2v) is 4.66. The minimum absolute atomic E-state index is 0.112. The Labute approximate surface area is 86.2 Å². The molecule has 0 aliphatic heterocycles. The van der Waals surface area contributed by atoms with E-state index in [1.807, 2.05) is 4.72 Å². The van der Waals surface area contributed by atoms with Crippen LogP contribution >= 0.6 is 0 Å². The molecule has 0 saturated carbocycles. The van der Waals surface area contributed by atoms with E-state index < -0.39 is 16.0 Å². The molecule has 0 fully saturated rings. The third-order valence-corrected chi connectivity index (χ3v) is 2.13. The lowest BCUT2D eigenvalue weighted by atomic mass is 10.2. The number of nitrogens with one attached hydrogen (secondary N) is 1. The van der Waals surface area contributed by atoms with Gasteiger partial charge in [0.2, 0.25) is 10.0 Å². The first-order valence-electron chi connectivity index (χ1n) is 3.84. The van der Waals surface area contributed by atoms with Gasteiger partial charge in [0.15, 0.2) is 0 Å². The molecule has 15 heavy (non-hydrogen) atoms. The van der Waals surface area contributed by atoms with Gasteiger partial charge >= 0.3 is 5.97 Å². The third-order valence-electron chi connectivity index (χ3n) is 1.54. The summed E-state index contributed by atoms with van der Waals surface area (Å²) in [5, 5.41) is 17.9. The van der Waals surface area contributed by atoms with Crippen molar-refractivity contribution in [2.75, 3.05) is 11.0 Å². The van der Waals surface area contributed by atoms with Crippen LogP contribution in [0, 0.1) is 0 Å². The first kappa shape index (κ1) is 11.3. The average Bonchev–Trinajstić information content (AvgIpc) is 2.06. The van der Waals surface area contributed by atoms with Gasteiger partial charge in [0.05, 0.1) is 17.5 Å². The highest BCUT2D eigenvalue weighted by molar-refractivity contribution is 7.92. The third kappa shape index (κ3) is 3.13. The van der Waals surface area contributed by atoms with Crippen molar-refractivity contribution < 1.29 is 23.4 Å². The lowest BCUT2D eigenvalue weighted by Crippen LogP contribution is -2.10. The second kappa shape index (κ2) is 3.77. The highest BCUT2D eigenvalue weighted by Crippen LogP contribution is 2.24. The van der Waals surface area contributed by atoms with E-state index in [9.17, 15) is 18.3 Å². The van der Waals surface area contributed by atoms with E-state index in [2.05, 4.69) is 0 Å². The fourth-order valence-electron chi connectivity index (χ4n) is 0.951. The van der Waals surface area contributed by atoms with E-state index in [1.54, 1.807) is 0 Å². The predicted octanol–water partition coefficient (Wildman–Crippen LogP) is 0.462. The number of phenolic OH excluding ortho intramolecular Hbond substituents is 1. The zero-order valence-electron chi connectivity index (χ0n) is 7.76. The van der Waals surface area contributed by atoms with Gasteiger partial charge in [0, 0.05) is 0 Å². The quantitative estimate of drug-likeness (QED) is 0.656. The van der Waals surface area contributed by atoms with Gasteiger partial charge in [-0.1, -0.05) is 0 Å². The van der Waals surface area contributed by atoms with Crippen molar-refractivity contribution in [1.82, 2.24) is 0 Å². The Morgan fingerprint density at radius 2 is 2.00 bits per heavy atom. The Hall–Kier alpha value is -1.76. The molecule has 3 N–H and O–H groups in total. The van der Waals surface area contributed by atoms with Crippen molar-refractivity contribution in [2.24, 2.45) is 0 Å². The number of hydrogen-bond acceptors (Lipinski definition) is 4. The molecular formula is C8H9NO5S. The Morgan fingerprint density at radius 1 is 1.40 bits per heavy atom. The number of rotatable bonds is 3. The van der Waals surface area contributed by atoms with Crippen LogP contribution in [-0.4, -0.2) is 30.9 Å². The minimum atomic E-state index is -3.55. The summed E-state index contributed by atoms with van der Waals surface area (Å²) in [5.74, 6) is -1.53. The van der Waals surface area contributed by atoms with Gasteiger partial charge in [-0.15, -0.1) is 0 Å². The molecule has 7 heteroatoms. The van der Waals surface area contributed by atoms with Crippen LogP contribution in [0.1, 0.15) is 10.4 Å². The number of hydrogen-bond donors (Lipinski definition) is 3. The molecule has 0 aromatic heterocycles. The van der Waals surface area contributed by atoms with Gasteiger partial charge in [-0.05, 0) is 18.2 Å². The van der Waals surface area contributed by atoms with Gasteiger partial charge < -0.3 is 10.2 Å². The van der Waals surface area contributed by atoms with E-state index >= 15 is 0 Å². The molecule has 0 aliphatic rings. The molecule has 0 saturated heterocycles. The van der Waals surface area contributed by atoms with Crippen molar-refractivity contribution in [3.63, 3.8) is 0 Å². The van der Waals surface area contributed by atoms with E-state index in [1.165, 1.54) is 6.07 Å². The zero-order valence-corrected chi connectivity index (χ0v) is 8.58. The summed E-state index contributed by atoms with van der Waals surface area (Å²) in [6, 6.07) is 3.32. The van der Waals surface area contributed by atoms with E-state index in [4.69, 9.17) is 5.11 Å². The van der Waals surface area contributed by atoms with Crippen LogP contribution in [0.5, 0.6) is 5.75 Å². The van der Waals surface area contributed by atoms with Crippen LogP contribution in [0.15, 0.2) is 18.2 Å². The topological polar surface area (TPSA) is 104 Å². The van der Waals surface area contributed by atoms with Crippen molar-refractivity contribution in [2.45, 2.75) is 0 Å². The fourth-order valence-corrected chi connectivity index (χ4v) is 1.51. The highest BCUT2D eigenvalue weighted by Gasteiger charge is 2.10. The van der Waals surface area contributed by atoms with Gasteiger partial charge in [-0.3, -0.25) is 4.72 Å². The first-order valence-corrected chi connectivity index (χ1v) is 5.73. The molecule has 0 amide bonds. The maximum absolute atomic E-state index is 10.9. The highest BCUT2D eigenvalue weighted by atomic mass is 32.2. The summed E-state index contributed by atoms with van der Waals surface area (Å²) < 4.78 is 23.7. The number of carboxylic acids is 1. The monoisotopic (exact) mass is 231 g/mol. The maximum Gasteiger partial charge on any atom is 0.335 e. The van der Waals surface area contributed by atoms with Gasteiger partial charge in [0.25, 0.3) is 0 Å². The molecular weight excluding hydrogens is 222 g/mol. The lowest BCUT2D eigenvalue weighted by Gasteiger charge is -2.06. The van der Waals surface area contributed by atoms with Crippen LogP contribution in [0.2, 0.25) is 0 Å². The Morgan fingerprint density at radius 3 is 2.47 bits per heavy atom.